The Morgan fingerprint density at radius 3 is 2.44 bits per heavy atom. The molecule has 1 amide bonds. The molecule has 7 nitrogen and oxygen atoms in total. The van der Waals surface area contributed by atoms with Crippen molar-refractivity contribution in [3.8, 4) is 5.75 Å². The van der Waals surface area contributed by atoms with Gasteiger partial charge in [-0.25, -0.2) is 4.79 Å². The normalized spacial score (nSPS) is 11.4. The second-order valence-corrected chi connectivity index (χ2v) is 9.24. The van der Waals surface area contributed by atoms with Gasteiger partial charge in [-0.05, 0) is 55.3 Å². The summed E-state index contributed by atoms with van der Waals surface area (Å²) in [6, 6.07) is 11.1. The van der Waals surface area contributed by atoms with Gasteiger partial charge < -0.3 is 19.5 Å². The van der Waals surface area contributed by atoms with E-state index in [4.69, 9.17) is 49.0 Å². The third-order valence-electron chi connectivity index (χ3n) is 4.17. The number of nitrogens with one attached hydrogen (secondary N) is 2. The predicted molar refractivity (Wildman–Crippen MR) is 131 cm³/mol. The minimum atomic E-state index is -1.65. The lowest BCUT2D eigenvalue weighted by atomic mass is 10.1. The molecule has 0 aliphatic rings. The maximum absolute atomic E-state index is 11.7. The maximum atomic E-state index is 11.7. The molecule has 0 spiro atoms. The number of benzene rings is 2. The van der Waals surface area contributed by atoms with Crippen molar-refractivity contribution in [1.82, 2.24) is 0 Å². The lowest BCUT2D eigenvalue weighted by molar-refractivity contribution is 0.146. The summed E-state index contributed by atoms with van der Waals surface area (Å²) in [6.45, 7) is 5.07. The van der Waals surface area contributed by atoms with Crippen LogP contribution in [0.2, 0.25) is 0 Å². The minimum absolute atomic E-state index is 0.346. The third-order valence-corrected chi connectivity index (χ3v) is 4.50. The second-order valence-electron chi connectivity index (χ2n) is 6.72. The number of carbonyl (C=O) groups excluding carboxylic acids is 1. The van der Waals surface area contributed by atoms with Crippen LogP contribution in [0.25, 0.3) is 0 Å². The Bertz CT molecular complexity index is 916. The molecule has 0 aromatic heterocycles. The molecule has 0 bridgehead atoms. The molecule has 0 heterocycles. The molecule has 2 aromatic rings. The summed E-state index contributed by atoms with van der Waals surface area (Å²) in [4.78, 5) is 16.2. The first kappa shape index (κ1) is 26.1. The number of halogens is 3. The molecular weight excluding hydrogens is 477 g/mol. The van der Waals surface area contributed by atoms with E-state index < -0.39 is 9.89 Å². The number of alkyl halides is 3. The molecule has 0 fully saturated rings. The van der Waals surface area contributed by atoms with Gasteiger partial charge in [0.15, 0.2) is 0 Å². The number of methoxy groups -OCH3 is 1. The number of aliphatic imine (C=N–C) groups is 1. The fraction of sp³-hybridized carbons (Fsp3) is 0.364. The van der Waals surface area contributed by atoms with E-state index in [0.29, 0.717) is 25.4 Å². The Morgan fingerprint density at radius 2 is 1.81 bits per heavy atom. The topological polar surface area (TPSA) is 81.2 Å². The van der Waals surface area contributed by atoms with E-state index in [2.05, 4.69) is 15.6 Å². The van der Waals surface area contributed by atoms with Crippen molar-refractivity contribution < 1.29 is 19.0 Å². The van der Waals surface area contributed by atoms with Crippen LogP contribution in [0.4, 0.5) is 21.9 Å². The minimum Gasteiger partial charge on any atom is -0.491 e. The molecule has 0 saturated carbocycles. The summed E-state index contributed by atoms with van der Waals surface area (Å²) in [5, 5.41) is 5.92. The molecule has 0 aliphatic heterocycles. The number of carbonyl (C=O) groups is 1. The van der Waals surface area contributed by atoms with Gasteiger partial charge >= 0.3 is 6.09 Å². The van der Waals surface area contributed by atoms with E-state index in [-0.39, 0.29) is 6.61 Å². The van der Waals surface area contributed by atoms with Crippen molar-refractivity contribution >= 4 is 64.2 Å². The van der Waals surface area contributed by atoms with Crippen LogP contribution in [0.15, 0.2) is 41.4 Å². The summed E-state index contributed by atoms with van der Waals surface area (Å²) < 4.78 is 14.0. The maximum Gasteiger partial charge on any atom is 0.411 e. The summed E-state index contributed by atoms with van der Waals surface area (Å²) in [7, 11) is 1.64. The van der Waals surface area contributed by atoms with Crippen LogP contribution in [0.3, 0.4) is 0 Å². The van der Waals surface area contributed by atoms with Gasteiger partial charge in [-0.2, -0.15) is 0 Å². The molecule has 0 saturated heterocycles. The molecule has 2 aromatic carbocycles. The quantitative estimate of drug-likeness (QED) is 0.227. The molecule has 2 N–H and O–H groups in total. The highest BCUT2D eigenvalue weighted by atomic mass is 35.6. The Morgan fingerprint density at radius 1 is 1.12 bits per heavy atom. The van der Waals surface area contributed by atoms with E-state index in [1.807, 2.05) is 38.1 Å². The molecular formula is C22H26Cl3N3O4. The molecule has 0 radical (unpaired) electrons. The fourth-order valence-electron chi connectivity index (χ4n) is 2.70. The average molecular weight is 503 g/mol. The lowest BCUT2D eigenvalue weighted by Crippen LogP contribution is -2.21. The van der Waals surface area contributed by atoms with E-state index in [1.54, 1.807) is 25.5 Å². The third kappa shape index (κ3) is 9.12. The standard InChI is InChI=1S/C22H26Cl3N3O4/c1-4-26-19-12-20(31-10-9-30-3)15(2)11-16(19)13-27-17-5-7-18(8-6-17)28-21(29)32-14-22(23,24)25/h4-8,11-12,27H,9-10,13-14H2,1-3H3,(H,28,29). The van der Waals surface area contributed by atoms with Crippen LogP contribution in [0.5, 0.6) is 5.75 Å². The molecule has 2 rings (SSSR count). The second kappa shape index (κ2) is 12.7. The summed E-state index contributed by atoms with van der Waals surface area (Å²) in [5.41, 5.74) is 4.29. The number of hydrogen-bond donors (Lipinski definition) is 2. The molecule has 32 heavy (non-hydrogen) atoms. The van der Waals surface area contributed by atoms with Crippen LogP contribution < -0.4 is 15.4 Å². The van der Waals surface area contributed by atoms with Gasteiger partial charge in [-0.1, -0.05) is 34.8 Å². The molecule has 174 valence electrons. The highest BCUT2D eigenvalue weighted by Gasteiger charge is 2.22. The Hall–Kier alpha value is -2.19. The Labute approximate surface area is 203 Å². The lowest BCUT2D eigenvalue weighted by Gasteiger charge is -2.15. The smallest absolute Gasteiger partial charge is 0.411 e. The van der Waals surface area contributed by atoms with Crippen molar-refractivity contribution in [2.24, 2.45) is 4.99 Å². The van der Waals surface area contributed by atoms with Crippen LogP contribution in [-0.2, 0) is 16.0 Å². The highest BCUT2D eigenvalue weighted by molar-refractivity contribution is 6.67. The number of amides is 1. The van der Waals surface area contributed by atoms with Gasteiger partial charge in [0.2, 0.25) is 3.79 Å². The average Bonchev–Trinajstić information content (AvgIpc) is 2.74. The SMILES string of the molecule is CC=Nc1cc(OCCOC)c(C)cc1CNc1ccc(NC(=O)OCC(Cl)(Cl)Cl)cc1. The Balaban J connectivity index is 1.99. The van der Waals surface area contributed by atoms with Crippen molar-refractivity contribution in [3.63, 3.8) is 0 Å². The largest absolute Gasteiger partial charge is 0.491 e. The van der Waals surface area contributed by atoms with Crippen molar-refractivity contribution in [3.05, 3.63) is 47.5 Å². The van der Waals surface area contributed by atoms with Gasteiger partial charge in [0.25, 0.3) is 0 Å². The van der Waals surface area contributed by atoms with Gasteiger partial charge in [0.05, 0.1) is 12.3 Å². The van der Waals surface area contributed by atoms with Crippen LogP contribution >= 0.6 is 34.8 Å². The van der Waals surface area contributed by atoms with Gasteiger partial charge in [0.1, 0.15) is 19.0 Å². The van der Waals surface area contributed by atoms with E-state index in [9.17, 15) is 4.79 Å². The summed E-state index contributed by atoms with van der Waals surface area (Å²) in [6.07, 6.45) is 1.04. The van der Waals surface area contributed by atoms with Crippen molar-refractivity contribution in [2.45, 2.75) is 24.2 Å². The number of hydrogen-bond acceptors (Lipinski definition) is 6. The molecule has 0 atom stereocenters. The van der Waals surface area contributed by atoms with Gasteiger partial charge in [-0.15, -0.1) is 0 Å². The number of nitrogens with zero attached hydrogens (tertiary/aromatic N) is 1. The van der Waals surface area contributed by atoms with Crippen molar-refractivity contribution in [1.29, 1.82) is 0 Å². The summed E-state index contributed by atoms with van der Waals surface area (Å²) in [5.74, 6) is 0.781. The number of rotatable bonds is 10. The first-order valence-corrected chi connectivity index (χ1v) is 10.9. The first-order chi connectivity index (χ1) is 15.2. The zero-order valence-electron chi connectivity index (χ0n) is 18.1. The number of anilines is 2. The zero-order chi connectivity index (χ0) is 23.6. The van der Waals surface area contributed by atoms with E-state index in [1.165, 1.54) is 0 Å². The van der Waals surface area contributed by atoms with E-state index in [0.717, 1.165) is 28.3 Å². The van der Waals surface area contributed by atoms with Crippen LogP contribution in [0.1, 0.15) is 18.1 Å². The fourth-order valence-corrected chi connectivity index (χ4v) is 2.86. The van der Waals surface area contributed by atoms with Crippen molar-refractivity contribution in [2.75, 3.05) is 37.6 Å². The highest BCUT2D eigenvalue weighted by Crippen LogP contribution is 2.30. The van der Waals surface area contributed by atoms with E-state index >= 15 is 0 Å². The summed E-state index contributed by atoms with van der Waals surface area (Å²) >= 11 is 16.7. The molecule has 0 unspecified atom stereocenters. The molecule has 0 aliphatic carbocycles. The Kier molecular flexibility index (Phi) is 10.4. The monoisotopic (exact) mass is 501 g/mol. The van der Waals surface area contributed by atoms with Gasteiger partial charge in [-0.3, -0.25) is 10.3 Å². The predicted octanol–water partition coefficient (Wildman–Crippen LogP) is 6.27. The van der Waals surface area contributed by atoms with Gasteiger partial charge in [0, 0.05) is 37.3 Å². The van der Waals surface area contributed by atoms with Crippen LogP contribution in [-0.4, -0.2) is 43.0 Å². The number of ether oxygens (including phenoxy) is 3. The van der Waals surface area contributed by atoms with Crippen LogP contribution in [0, 0.1) is 6.92 Å². The molecule has 10 heteroatoms. The zero-order valence-corrected chi connectivity index (χ0v) is 20.4. The number of aryl methyl sites for hydroxylation is 1. The first-order valence-electron chi connectivity index (χ1n) is 9.80.